The summed E-state index contributed by atoms with van der Waals surface area (Å²) in [6.07, 6.45) is -0.583. The first-order chi connectivity index (χ1) is 18.2. The first-order valence-corrected chi connectivity index (χ1v) is 14.1. The molecule has 1 heterocycles. The molecule has 2 aromatic rings. The van der Waals surface area contributed by atoms with E-state index in [1.807, 2.05) is 0 Å². The van der Waals surface area contributed by atoms with E-state index in [4.69, 9.17) is 10.8 Å². The lowest BCUT2D eigenvalue weighted by Crippen LogP contribution is -2.53. The number of aryl methyl sites for hydroxylation is 2. The Kier molecular flexibility index (Phi) is 11.2. The van der Waals surface area contributed by atoms with E-state index in [1.165, 1.54) is 19.2 Å². The maximum Gasteiger partial charge on any atom is 0.364 e. The number of tetrazole rings is 1. The lowest BCUT2D eigenvalue weighted by Gasteiger charge is -2.24. The second kappa shape index (κ2) is 13.9. The number of carbonyl (C=O) groups is 4. The van der Waals surface area contributed by atoms with Crippen LogP contribution in [0, 0.1) is 6.92 Å². The highest BCUT2D eigenvalue weighted by molar-refractivity contribution is 8.00. The van der Waals surface area contributed by atoms with Crippen LogP contribution in [0.25, 0.3) is 0 Å². The van der Waals surface area contributed by atoms with Gasteiger partial charge in [0.1, 0.15) is 18.0 Å². The predicted molar refractivity (Wildman–Crippen MR) is 137 cm³/mol. The maximum absolute atomic E-state index is 13.2. The van der Waals surface area contributed by atoms with E-state index in [9.17, 15) is 37.5 Å². The van der Waals surface area contributed by atoms with E-state index in [-0.39, 0.29) is 23.5 Å². The van der Waals surface area contributed by atoms with Crippen molar-refractivity contribution in [2.45, 2.75) is 42.1 Å². The van der Waals surface area contributed by atoms with Gasteiger partial charge in [-0.05, 0) is 35.9 Å². The normalized spacial score (nSPS) is 13.8. The molecule has 0 spiro atoms. The molecule has 1 aromatic heterocycles. The van der Waals surface area contributed by atoms with Crippen molar-refractivity contribution in [3.05, 3.63) is 40.3 Å². The van der Waals surface area contributed by atoms with Gasteiger partial charge in [-0.3, -0.25) is 24.5 Å². The van der Waals surface area contributed by atoms with Gasteiger partial charge >= 0.3 is 17.6 Å². The predicted octanol–water partition coefficient (Wildman–Crippen LogP) is -2.13. The van der Waals surface area contributed by atoms with Crippen LogP contribution in [0.1, 0.15) is 23.8 Å². The Bertz CT molecular complexity index is 1360. The lowest BCUT2D eigenvalue weighted by atomic mass is 10.1. The Morgan fingerprint density at radius 3 is 2.26 bits per heavy atom. The summed E-state index contributed by atoms with van der Waals surface area (Å²) in [6.45, 7) is 1.01. The third kappa shape index (κ3) is 9.48. The van der Waals surface area contributed by atoms with E-state index < -0.39 is 69.0 Å². The topological polar surface area (TPSA) is 246 Å². The number of rotatable bonds is 16. The third-order valence-corrected chi connectivity index (χ3v) is 8.56. The summed E-state index contributed by atoms with van der Waals surface area (Å²) in [7, 11) is -2.67. The number of hydrogen-bond acceptors (Lipinski definition) is 11. The van der Waals surface area contributed by atoms with Crippen LogP contribution in [0.15, 0.2) is 34.0 Å². The SMILES string of the molecule is Cc1ccc(S(=O)(=O)CC(SC[C@H](N[C@@H](CCC(N)=O)C(=O)O)C(=O)NCC(=O)O)n2nnn(C)c2=O)cc1. The van der Waals surface area contributed by atoms with Crippen molar-refractivity contribution < 1.29 is 37.8 Å². The summed E-state index contributed by atoms with van der Waals surface area (Å²) in [5, 5.41) is 29.2. The Balaban J connectivity index is 2.36. The van der Waals surface area contributed by atoms with E-state index in [0.717, 1.165) is 26.7 Å². The molecule has 0 aliphatic carbocycles. The monoisotopic (exact) mass is 587 g/mol. The van der Waals surface area contributed by atoms with Crippen molar-refractivity contribution in [1.29, 1.82) is 0 Å². The molecule has 0 fully saturated rings. The van der Waals surface area contributed by atoms with Crippen LogP contribution >= 0.6 is 11.8 Å². The van der Waals surface area contributed by atoms with Crippen LogP contribution in [0.5, 0.6) is 0 Å². The molecule has 6 N–H and O–H groups in total. The number of hydrogen-bond donors (Lipinski definition) is 5. The maximum atomic E-state index is 13.2. The number of aromatic nitrogens is 4. The summed E-state index contributed by atoms with van der Waals surface area (Å²) < 4.78 is 28.0. The molecule has 0 saturated heterocycles. The number of sulfone groups is 1. The third-order valence-electron chi connectivity index (χ3n) is 5.32. The average Bonchev–Trinajstić information content (AvgIpc) is 3.18. The number of carboxylic acid groups (broad SMARTS) is 2. The second-order valence-electron chi connectivity index (χ2n) is 8.44. The summed E-state index contributed by atoms with van der Waals surface area (Å²) in [5.74, 6) is -5.38. The fraction of sp³-hybridized carbons (Fsp3) is 0.476. The number of amides is 2. The Morgan fingerprint density at radius 2 is 1.74 bits per heavy atom. The van der Waals surface area contributed by atoms with E-state index in [1.54, 1.807) is 19.1 Å². The number of aliphatic carboxylic acids is 2. The van der Waals surface area contributed by atoms with Crippen LogP contribution in [-0.2, 0) is 36.1 Å². The van der Waals surface area contributed by atoms with Crippen molar-refractivity contribution in [2.24, 2.45) is 12.8 Å². The van der Waals surface area contributed by atoms with Gasteiger partial charge in [-0.1, -0.05) is 17.7 Å². The minimum absolute atomic E-state index is 0.0121. The van der Waals surface area contributed by atoms with Gasteiger partial charge in [-0.25, -0.2) is 13.2 Å². The van der Waals surface area contributed by atoms with E-state index >= 15 is 0 Å². The first kappa shape index (κ1) is 31.4. The van der Waals surface area contributed by atoms with Crippen molar-refractivity contribution in [1.82, 2.24) is 30.4 Å². The van der Waals surface area contributed by atoms with E-state index in [0.29, 0.717) is 0 Å². The summed E-state index contributed by atoms with van der Waals surface area (Å²) in [4.78, 5) is 59.1. The van der Waals surface area contributed by atoms with Gasteiger partial charge in [0.25, 0.3) is 0 Å². The molecule has 0 aliphatic rings. The van der Waals surface area contributed by atoms with Crippen LogP contribution in [0.4, 0.5) is 0 Å². The van der Waals surface area contributed by atoms with Gasteiger partial charge in [0, 0.05) is 19.2 Å². The van der Waals surface area contributed by atoms with Crippen LogP contribution in [0.2, 0.25) is 0 Å². The molecule has 2 rings (SSSR count). The molecule has 18 heteroatoms. The Hall–Kier alpha value is -3.77. The zero-order chi connectivity index (χ0) is 29.3. The van der Waals surface area contributed by atoms with Gasteiger partial charge in [-0.15, -0.1) is 11.8 Å². The standard InChI is InChI=1S/C21H29N7O9S2/c1-12-3-5-13(6-4-12)39(36,37)11-17(28-21(35)27(2)25-26-28)38-10-15(19(32)23-9-18(30)31)24-14(20(33)34)7-8-16(22)29/h3-6,14-15,17,24H,7-11H2,1-2H3,(H2,22,29)(H,23,32)(H,30,31)(H,33,34)/t14-,15-,17?/m0/s1. The van der Waals surface area contributed by atoms with Crippen molar-refractivity contribution >= 4 is 45.4 Å². The van der Waals surface area contributed by atoms with Gasteiger partial charge in [0.05, 0.1) is 16.7 Å². The molecule has 0 aliphatic heterocycles. The molecule has 1 unspecified atom stereocenters. The minimum Gasteiger partial charge on any atom is -0.480 e. The van der Waals surface area contributed by atoms with Crippen LogP contribution in [0.3, 0.4) is 0 Å². The average molecular weight is 588 g/mol. The molecule has 214 valence electrons. The van der Waals surface area contributed by atoms with Crippen molar-refractivity contribution in [3.63, 3.8) is 0 Å². The summed E-state index contributed by atoms with van der Waals surface area (Å²) in [5.41, 5.74) is 5.18. The molecule has 3 atom stereocenters. The van der Waals surface area contributed by atoms with Crippen molar-refractivity contribution in [2.75, 3.05) is 18.1 Å². The smallest absolute Gasteiger partial charge is 0.364 e. The summed E-state index contributed by atoms with van der Waals surface area (Å²) >= 11 is 0.788. The molecule has 0 bridgehead atoms. The highest BCUT2D eigenvalue weighted by Gasteiger charge is 2.31. The van der Waals surface area contributed by atoms with Gasteiger partial charge < -0.3 is 21.3 Å². The lowest BCUT2D eigenvalue weighted by molar-refractivity contribution is -0.141. The molecule has 2 amide bonds. The first-order valence-electron chi connectivity index (χ1n) is 11.4. The molecule has 16 nitrogen and oxygen atoms in total. The Morgan fingerprint density at radius 1 is 1.10 bits per heavy atom. The van der Waals surface area contributed by atoms with Gasteiger partial charge in [-0.2, -0.15) is 9.36 Å². The molecular formula is C21H29N7O9S2. The number of primary amides is 1. The Labute approximate surface area is 226 Å². The van der Waals surface area contributed by atoms with Crippen LogP contribution < -0.4 is 22.1 Å². The van der Waals surface area contributed by atoms with E-state index in [2.05, 4.69) is 21.1 Å². The fourth-order valence-corrected chi connectivity index (χ4v) is 6.35. The number of carbonyl (C=O) groups excluding carboxylic acids is 2. The second-order valence-corrected chi connectivity index (χ2v) is 11.7. The minimum atomic E-state index is -3.98. The molecule has 1 aromatic carbocycles. The number of nitrogens with two attached hydrogens (primary N) is 1. The quantitative estimate of drug-likeness (QED) is 0.141. The largest absolute Gasteiger partial charge is 0.480 e. The van der Waals surface area contributed by atoms with Crippen LogP contribution in [-0.4, -0.2) is 92.3 Å². The zero-order valence-electron chi connectivity index (χ0n) is 21.0. The number of thioether (sulfide) groups is 1. The molecule has 0 saturated carbocycles. The number of nitrogens with one attached hydrogen (secondary N) is 2. The number of nitrogens with zero attached hydrogens (tertiary/aromatic N) is 4. The number of carboxylic acids is 2. The zero-order valence-corrected chi connectivity index (χ0v) is 22.6. The highest BCUT2D eigenvalue weighted by Crippen LogP contribution is 2.27. The fourth-order valence-electron chi connectivity index (χ4n) is 3.23. The van der Waals surface area contributed by atoms with Gasteiger partial charge in [0.2, 0.25) is 11.8 Å². The van der Waals surface area contributed by atoms with Crippen molar-refractivity contribution in [3.8, 4) is 0 Å². The number of benzene rings is 1. The molecule has 39 heavy (non-hydrogen) atoms. The highest BCUT2D eigenvalue weighted by atomic mass is 32.2. The molecule has 0 radical (unpaired) electrons. The van der Waals surface area contributed by atoms with Gasteiger partial charge in [0.15, 0.2) is 9.84 Å². The summed E-state index contributed by atoms with van der Waals surface area (Å²) in [6, 6.07) is 3.23. The molecular weight excluding hydrogens is 558 g/mol.